The maximum absolute atomic E-state index is 12.0. The highest BCUT2D eigenvalue weighted by Gasteiger charge is 2.21. The van der Waals surface area contributed by atoms with Gasteiger partial charge in [0, 0.05) is 12.1 Å². The van der Waals surface area contributed by atoms with Crippen LogP contribution in [0.25, 0.3) is 0 Å². The molecular weight excluding hydrogens is 317 g/mol. The molecule has 1 heterocycles. The first-order valence-electron chi connectivity index (χ1n) is 6.21. The minimum atomic E-state index is -0.345. The number of benzene rings is 1. The third kappa shape index (κ3) is 4.00. The second-order valence-electron chi connectivity index (χ2n) is 4.80. The normalized spacial score (nSPS) is 15.7. The van der Waals surface area contributed by atoms with Gasteiger partial charge >= 0.3 is 0 Å². The van der Waals surface area contributed by atoms with Crippen molar-refractivity contribution in [2.75, 3.05) is 17.2 Å². The highest BCUT2D eigenvalue weighted by Crippen LogP contribution is 2.36. The van der Waals surface area contributed by atoms with Gasteiger partial charge in [0.05, 0.1) is 22.3 Å². The number of carbonyl (C=O) groups is 2. The molecule has 8 heteroatoms. The molecule has 2 atom stereocenters. The lowest BCUT2D eigenvalue weighted by molar-refractivity contribution is -0.120. The van der Waals surface area contributed by atoms with Crippen LogP contribution in [-0.4, -0.2) is 24.5 Å². The van der Waals surface area contributed by atoms with Crippen LogP contribution in [0.2, 0.25) is 5.02 Å². The standard InChI is InChI=1S/C13H16ClN3O3.ClH/c1-6(7(2)15)13(19)17-9-4-11-10(3-8(9)14)16-12(18)5-20-11;/h3-4,6-7H,5,15H2,1-2H3,(H,16,18)(H,17,19);1H. The number of hydrogen-bond donors (Lipinski definition) is 3. The van der Waals surface area contributed by atoms with Gasteiger partial charge in [-0.25, -0.2) is 0 Å². The van der Waals surface area contributed by atoms with Crippen molar-refractivity contribution in [1.29, 1.82) is 0 Å². The molecule has 1 aliphatic rings. The van der Waals surface area contributed by atoms with Gasteiger partial charge in [0.25, 0.3) is 5.91 Å². The summed E-state index contributed by atoms with van der Waals surface area (Å²) in [6.45, 7) is 3.44. The fourth-order valence-corrected chi connectivity index (χ4v) is 1.89. The molecule has 116 valence electrons. The Kier molecular flexibility index (Phi) is 5.83. The van der Waals surface area contributed by atoms with Crippen molar-refractivity contribution >= 4 is 47.2 Å². The van der Waals surface area contributed by atoms with Gasteiger partial charge in [0.1, 0.15) is 5.75 Å². The van der Waals surface area contributed by atoms with E-state index < -0.39 is 0 Å². The molecule has 2 amide bonds. The SMILES string of the molecule is CC(N)C(C)C(=O)Nc1cc2c(cc1Cl)NC(=O)CO2.Cl. The fourth-order valence-electron chi connectivity index (χ4n) is 1.68. The quantitative estimate of drug-likeness (QED) is 0.788. The molecule has 0 saturated carbocycles. The van der Waals surface area contributed by atoms with Gasteiger partial charge in [0.15, 0.2) is 6.61 Å². The highest BCUT2D eigenvalue weighted by atomic mass is 35.5. The first-order chi connectivity index (χ1) is 9.38. The number of nitrogens with two attached hydrogens (primary N) is 1. The van der Waals surface area contributed by atoms with E-state index >= 15 is 0 Å². The smallest absolute Gasteiger partial charge is 0.262 e. The number of nitrogens with one attached hydrogen (secondary N) is 2. The average Bonchev–Trinajstić information content (AvgIpc) is 2.38. The van der Waals surface area contributed by atoms with Crippen molar-refractivity contribution in [2.45, 2.75) is 19.9 Å². The zero-order valence-corrected chi connectivity index (χ0v) is 13.2. The van der Waals surface area contributed by atoms with E-state index in [0.717, 1.165) is 0 Å². The minimum Gasteiger partial charge on any atom is -0.482 e. The van der Waals surface area contributed by atoms with Crippen molar-refractivity contribution in [3.05, 3.63) is 17.2 Å². The lowest BCUT2D eigenvalue weighted by Gasteiger charge is -2.21. The molecule has 2 rings (SSSR count). The average molecular weight is 334 g/mol. The van der Waals surface area contributed by atoms with E-state index in [9.17, 15) is 9.59 Å². The van der Waals surface area contributed by atoms with Crippen LogP contribution in [0.3, 0.4) is 0 Å². The summed E-state index contributed by atoms with van der Waals surface area (Å²) in [7, 11) is 0. The minimum absolute atomic E-state index is 0. The summed E-state index contributed by atoms with van der Waals surface area (Å²) in [6, 6.07) is 2.87. The number of anilines is 2. The van der Waals surface area contributed by atoms with Crippen LogP contribution >= 0.6 is 24.0 Å². The van der Waals surface area contributed by atoms with E-state index in [1.54, 1.807) is 26.0 Å². The predicted octanol–water partition coefficient (Wildman–Crippen LogP) is 2.01. The summed E-state index contributed by atoms with van der Waals surface area (Å²) in [5, 5.41) is 5.67. The van der Waals surface area contributed by atoms with Crippen LogP contribution in [0.1, 0.15) is 13.8 Å². The van der Waals surface area contributed by atoms with Crippen molar-refractivity contribution in [3.8, 4) is 5.75 Å². The number of halogens is 2. The maximum atomic E-state index is 12.0. The van der Waals surface area contributed by atoms with Crippen LogP contribution in [0.5, 0.6) is 5.75 Å². The number of ether oxygens (including phenoxy) is 1. The Labute approximate surface area is 133 Å². The van der Waals surface area contributed by atoms with E-state index in [4.69, 9.17) is 22.1 Å². The molecule has 0 radical (unpaired) electrons. The molecule has 0 fully saturated rings. The van der Waals surface area contributed by atoms with Gasteiger partial charge in [-0.05, 0) is 13.0 Å². The summed E-state index contributed by atoms with van der Waals surface area (Å²) < 4.78 is 5.27. The molecule has 0 bridgehead atoms. The first-order valence-corrected chi connectivity index (χ1v) is 6.59. The Morgan fingerprint density at radius 2 is 2.14 bits per heavy atom. The zero-order chi connectivity index (χ0) is 14.9. The lowest BCUT2D eigenvalue weighted by Crippen LogP contribution is -2.34. The van der Waals surface area contributed by atoms with Gasteiger partial charge in [0.2, 0.25) is 5.91 Å². The maximum Gasteiger partial charge on any atom is 0.262 e. The van der Waals surface area contributed by atoms with Crippen LogP contribution in [0, 0.1) is 5.92 Å². The molecule has 6 nitrogen and oxygen atoms in total. The summed E-state index contributed by atoms with van der Waals surface area (Å²) in [5.41, 5.74) is 6.61. The van der Waals surface area contributed by atoms with E-state index in [1.165, 1.54) is 0 Å². The van der Waals surface area contributed by atoms with Gasteiger partial charge < -0.3 is 21.1 Å². The van der Waals surface area contributed by atoms with Crippen molar-refractivity contribution in [3.63, 3.8) is 0 Å². The molecule has 0 aliphatic carbocycles. The second kappa shape index (κ2) is 6.98. The predicted molar refractivity (Wildman–Crippen MR) is 84.3 cm³/mol. The molecule has 0 aromatic heterocycles. The molecule has 21 heavy (non-hydrogen) atoms. The van der Waals surface area contributed by atoms with E-state index in [2.05, 4.69) is 10.6 Å². The Hall–Kier alpha value is -1.50. The van der Waals surface area contributed by atoms with Crippen LogP contribution in [-0.2, 0) is 9.59 Å². The van der Waals surface area contributed by atoms with Crippen LogP contribution < -0.4 is 21.1 Å². The number of fused-ring (bicyclic) bond motifs is 1. The lowest BCUT2D eigenvalue weighted by atomic mass is 10.0. The molecule has 1 aliphatic heterocycles. The first kappa shape index (κ1) is 17.6. The zero-order valence-electron chi connectivity index (χ0n) is 11.6. The molecular formula is C13H17Cl2N3O3. The topological polar surface area (TPSA) is 93.5 Å². The highest BCUT2D eigenvalue weighted by molar-refractivity contribution is 6.34. The summed E-state index contributed by atoms with van der Waals surface area (Å²) in [5.74, 6) is -0.335. The van der Waals surface area contributed by atoms with Crippen molar-refractivity contribution in [2.24, 2.45) is 11.7 Å². The van der Waals surface area contributed by atoms with Gasteiger partial charge in [-0.3, -0.25) is 9.59 Å². The largest absolute Gasteiger partial charge is 0.482 e. The monoisotopic (exact) mass is 333 g/mol. The number of amides is 2. The Morgan fingerprint density at radius 1 is 1.48 bits per heavy atom. The Balaban J connectivity index is 0.00000220. The van der Waals surface area contributed by atoms with Crippen LogP contribution in [0.15, 0.2) is 12.1 Å². The van der Waals surface area contributed by atoms with Gasteiger partial charge in [-0.15, -0.1) is 12.4 Å². The van der Waals surface area contributed by atoms with Gasteiger partial charge in [-0.1, -0.05) is 18.5 Å². The van der Waals surface area contributed by atoms with Crippen molar-refractivity contribution in [1.82, 2.24) is 0 Å². The van der Waals surface area contributed by atoms with Crippen molar-refractivity contribution < 1.29 is 14.3 Å². The number of rotatable bonds is 3. The van der Waals surface area contributed by atoms with E-state index in [0.29, 0.717) is 22.1 Å². The van der Waals surface area contributed by atoms with E-state index in [1.807, 2.05) is 0 Å². The molecule has 1 aromatic rings. The molecule has 4 N–H and O–H groups in total. The Morgan fingerprint density at radius 3 is 2.76 bits per heavy atom. The molecule has 0 spiro atoms. The van der Waals surface area contributed by atoms with Crippen LogP contribution in [0.4, 0.5) is 11.4 Å². The summed E-state index contributed by atoms with van der Waals surface area (Å²) in [4.78, 5) is 23.2. The number of carbonyl (C=O) groups excluding carboxylic acids is 2. The second-order valence-corrected chi connectivity index (χ2v) is 5.21. The molecule has 0 saturated heterocycles. The summed E-state index contributed by atoms with van der Waals surface area (Å²) in [6.07, 6.45) is 0. The fraction of sp³-hybridized carbons (Fsp3) is 0.385. The number of hydrogen-bond acceptors (Lipinski definition) is 4. The third-order valence-electron chi connectivity index (χ3n) is 3.16. The third-order valence-corrected chi connectivity index (χ3v) is 3.47. The summed E-state index contributed by atoms with van der Waals surface area (Å²) >= 11 is 6.08. The van der Waals surface area contributed by atoms with Gasteiger partial charge in [-0.2, -0.15) is 0 Å². The molecule has 1 aromatic carbocycles. The van der Waals surface area contributed by atoms with E-state index in [-0.39, 0.29) is 42.8 Å². The Bertz CT molecular complexity index is 564. The molecule has 2 unspecified atom stereocenters.